The topological polar surface area (TPSA) is 90.1 Å². The van der Waals surface area contributed by atoms with Gasteiger partial charge in [-0.1, -0.05) is 67.1 Å². The molecule has 0 atom stereocenters. The predicted octanol–water partition coefficient (Wildman–Crippen LogP) is 7.06. The van der Waals surface area contributed by atoms with E-state index in [0.717, 1.165) is 51.2 Å². The summed E-state index contributed by atoms with van der Waals surface area (Å²) in [6, 6.07) is 29.8. The first-order chi connectivity index (χ1) is 20.6. The number of aryl methyl sites for hydroxylation is 2. The van der Waals surface area contributed by atoms with Crippen molar-refractivity contribution in [3.8, 4) is 33.9 Å². The van der Waals surface area contributed by atoms with Gasteiger partial charge in [0, 0.05) is 30.6 Å². The molecule has 3 aromatic heterocycles. The maximum absolute atomic E-state index is 5.25. The van der Waals surface area contributed by atoms with Gasteiger partial charge in [-0.3, -0.25) is 0 Å². The third-order valence-corrected chi connectivity index (χ3v) is 8.71. The van der Waals surface area contributed by atoms with Crippen molar-refractivity contribution < 1.29 is 0 Å². The Labute approximate surface area is 243 Å². The van der Waals surface area contributed by atoms with Crippen molar-refractivity contribution >= 4 is 22.1 Å². The molecule has 8 rings (SSSR count). The number of H-pyrrole nitrogens is 1. The molecule has 206 valence electrons. The normalized spacial score (nSPS) is 13.7. The van der Waals surface area contributed by atoms with Crippen molar-refractivity contribution in [2.45, 2.75) is 38.6 Å². The van der Waals surface area contributed by atoms with Gasteiger partial charge in [-0.25, -0.2) is 9.97 Å². The number of tetrazole rings is 1. The van der Waals surface area contributed by atoms with Crippen LogP contribution >= 0.6 is 0 Å². The second kappa shape index (κ2) is 9.76. The third-order valence-electron chi connectivity index (χ3n) is 8.71. The van der Waals surface area contributed by atoms with Crippen LogP contribution in [0.5, 0.6) is 0 Å². The molecule has 0 amide bonds. The molecule has 1 aliphatic carbocycles. The molecule has 0 bridgehead atoms. The quantitative estimate of drug-likeness (QED) is 0.239. The second-order valence-corrected chi connectivity index (χ2v) is 11.3. The van der Waals surface area contributed by atoms with Crippen molar-refractivity contribution in [3.05, 3.63) is 102 Å². The van der Waals surface area contributed by atoms with Gasteiger partial charge in [0.2, 0.25) is 5.82 Å². The minimum Gasteiger partial charge on any atom is -0.327 e. The average molecular weight is 551 g/mol. The molecule has 8 heteroatoms. The van der Waals surface area contributed by atoms with Crippen molar-refractivity contribution in [3.63, 3.8) is 0 Å². The van der Waals surface area contributed by atoms with E-state index in [2.05, 4.69) is 104 Å². The molecule has 8 nitrogen and oxygen atoms in total. The number of rotatable bonds is 6. The Bertz CT molecular complexity index is 2060. The van der Waals surface area contributed by atoms with Gasteiger partial charge >= 0.3 is 0 Å². The van der Waals surface area contributed by atoms with Crippen LogP contribution < -0.4 is 0 Å². The Balaban J connectivity index is 1.20. The molecule has 42 heavy (non-hydrogen) atoms. The van der Waals surface area contributed by atoms with E-state index < -0.39 is 0 Å². The standard InChI is InChI=1S/C34H30N8/c1-21-18-25(33-35-28-12-5-6-13-29(28)41(33)2)19-30-31(21)36-34(24-8-7-9-24)42(30)20-22-14-16-23(17-15-22)26-10-3-4-11-27(26)32-37-39-40-38-32/h3-6,10-19,24H,7-9,20H2,1-2H3,(H,37,38,39,40). The van der Waals surface area contributed by atoms with Gasteiger partial charge in [-0.2, -0.15) is 5.21 Å². The largest absolute Gasteiger partial charge is 0.327 e. The summed E-state index contributed by atoms with van der Waals surface area (Å²) < 4.78 is 4.63. The summed E-state index contributed by atoms with van der Waals surface area (Å²) in [5.41, 5.74) is 11.1. The highest BCUT2D eigenvalue weighted by molar-refractivity contribution is 5.87. The van der Waals surface area contributed by atoms with Crippen molar-refractivity contribution in [2.24, 2.45) is 7.05 Å². The van der Waals surface area contributed by atoms with Crippen LogP contribution in [0, 0.1) is 6.92 Å². The van der Waals surface area contributed by atoms with Crippen LogP contribution in [0.3, 0.4) is 0 Å². The SMILES string of the molecule is Cc1cc(-c2nc3ccccc3n2C)cc2c1nc(C1CCC1)n2Cc1ccc(-c2ccccc2-c2nn[nH]n2)cc1. The van der Waals surface area contributed by atoms with E-state index >= 15 is 0 Å². The highest BCUT2D eigenvalue weighted by Crippen LogP contribution is 2.39. The molecule has 0 unspecified atom stereocenters. The first-order valence-electron chi connectivity index (χ1n) is 14.5. The number of nitrogens with one attached hydrogen (secondary N) is 1. The van der Waals surface area contributed by atoms with Crippen LogP contribution in [-0.2, 0) is 13.6 Å². The number of imidazole rings is 2. The lowest BCUT2D eigenvalue weighted by molar-refractivity contribution is 0.392. The Hall–Kier alpha value is -5.11. The minimum absolute atomic E-state index is 0.511. The summed E-state index contributed by atoms with van der Waals surface area (Å²) in [5, 5.41) is 14.7. The van der Waals surface area contributed by atoms with Gasteiger partial charge in [0.05, 0.1) is 22.1 Å². The molecule has 1 aliphatic rings. The lowest BCUT2D eigenvalue weighted by Crippen LogP contribution is -2.16. The predicted molar refractivity (Wildman–Crippen MR) is 165 cm³/mol. The van der Waals surface area contributed by atoms with E-state index in [9.17, 15) is 0 Å². The van der Waals surface area contributed by atoms with Gasteiger partial charge < -0.3 is 9.13 Å². The van der Waals surface area contributed by atoms with E-state index in [0.29, 0.717) is 11.7 Å². The molecule has 0 radical (unpaired) electrons. The maximum Gasteiger partial charge on any atom is 0.205 e. The number of fused-ring (bicyclic) bond motifs is 2. The van der Waals surface area contributed by atoms with E-state index in [4.69, 9.17) is 9.97 Å². The van der Waals surface area contributed by atoms with E-state index in [-0.39, 0.29) is 0 Å². The van der Waals surface area contributed by atoms with Gasteiger partial charge in [0.15, 0.2) is 0 Å². The fraction of sp³-hybridized carbons (Fsp3) is 0.206. The Morgan fingerprint density at radius 3 is 2.36 bits per heavy atom. The van der Waals surface area contributed by atoms with Crippen molar-refractivity contribution in [1.29, 1.82) is 0 Å². The molecule has 0 spiro atoms. The summed E-state index contributed by atoms with van der Waals surface area (Å²) in [6.07, 6.45) is 3.67. The van der Waals surface area contributed by atoms with Gasteiger partial charge in [-0.15, -0.1) is 10.2 Å². The highest BCUT2D eigenvalue weighted by Gasteiger charge is 2.27. The third kappa shape index (κ3) is 4.02. The Kier molecular flexibility index (Phi) is 5.73. The molecule has 4 aromatic carbocycles. The molecule has 1 fully saturated rings. The fourth-order valence-electron chi connectivity index (χ4n) is 6.27. The van der Waals surface area contributed by atoms with Crippen LogP contribution in [0.2, 0.25) is 0 Å². The lowest BCUT2D eigenvalue weighted by Gasteiger charge is -2.25. The summed E-state index contributed by atoms with van der Waals surface area (Å²) in [4.78, 5) is 10.2. The first-order valence-corrected chi connectivity index (χ1v) is 14.5. The van der Waals surface area contributed by atoms with E-state index in [1.165, 1.54) is 41.7 Å². The fourth-order valence-corrected chi connectivity index (χ4v) is 6.27. The van der Waals surface area contributed by atoms with Crippen LogP contribution in [0.25, 0.3) is 56.0 Å². The van der Waals surface area contributed by atoms with Crippen molar-refractivity contribution in [1.82, 2.24) is 39.7 Å². The molecule has 1 saturated carbocycles. The maximum atomic E-state index is 5.25. The zero-order valence-corrected chi connectivity index (χ0v) is 23.6. The molecule has 1 N–H and O–H groups in total. The number of aromatic amines is 1. The number of para-hydroxylation sites is 2. The molecule has 0 aliphatic heterocycles. The molecular weight excluding hydrogens is 520 g/mol. The van der Waals surface area contributed by atoms with Crippen LogP contribution in [0.15, 0.2) is 84.9 Å². The smallest absolute Gasteiger partial charge is 0.205 e. The van der Waals surface area contributed by atoms with Crippen LogP contribution in [0.1, 0.15) is 42.1 Å². The first kappa shape index (κ1) is 24.7. The minimum atomic E-state index is 0.511. The number of aromatic nitrogens is 8. The summed E-state index contributed by atoms with van der Waals surface area (Å²) >= 11 is 0. The number of hydrogen-bond acceptors (Lipinski definition) is 5. The zero-order valence-electron chi connectivity index (χ0n) is 23.6. The molecule has 0 saturated heterocycles. The number of nitrogens with zero attached hydrogens (tertiary/aromatic N) is 7. The van der Waals surface area contributed by atoms with Gasteiger partial charge in [-0.05, 0) is 71.5 Å². The molecule has 3 heterocycles. The summed E-state index contributed by atoms with van der Waals surface area (Å²) in [6.45, 7) is 2.94. The Morgan fingerprint density at radius 2 is 1.62 bits per heavy atom. The molecule has 7 aromatic rings. The Morgan fingerprint density at radius 1 is 0.833 bits per heavy atom. The molecular formula is C34H30N8. The summed E-state index contributed by atoms with van der Waals surface area (Å²) in [7, 11) is 2.10. The zero-order chi connectivity index (χ0) is 28.2. The monoisotopic (exact) mass is 550 g/mol. The van der Waals surface area contributed by atoms with Crippen LogP contribution in [0.4, 0.5) is 0 Å². The lowest BCUT2D eigenvalue weighted by atomic mass is 9.85. The van der Waals surface area contributed by atoms with E-state index in [1.54, 1.807) is 0 Å². The average Bonchev–Trinajstić information content (AvgIpc) is 3.72. The second-order valence-electron chi connectivity index (χ2n) is 11.3. The van der Waals surface area contributed by atoms with E-state index in [1.807, 2.05) is 24.3 Å². The highest BCUT2D eigenvalue weighted by atomic mass is 15.5. The summed E-state index contributed by atoms with van der Waals surface area (Å²) in [5.74, 6) is 3.28. The number of benzene rings is 4. The van der Waals surface area contributed by atoms with Gasteiger partial charge in [0.1, 0.15) is 11.6 Å². The van der Waals surface area contributed by atoms with Crippen LogP contribution in [-0.4, -0.2) is 39.7 Å². The van der Waals surface area contributed by atoms with Gasteiger partial charge in [0.25, 0.3) is 0 Å². The van der Waals surface area contributed by atoms with Crippen molar-refractivity contribution in [2.75, 3.05) is 0 Å². The number of hydrogen-bond donors (Lipinski definition) is 1.